The lowest BCUT2D eigenvalue weighted by atomic mass is 9.77. The SMILES string of the molecule is Oc1ccccc1C1Nc2c(Cl)cc(Cl)c(Cl)c2C2C=CCC21. The molecule has 0 fully saturated rings. The number of phenolic OH excluding ortho intramolecular Hbond substituents is 1. The van der Waals surface area contributed by atoms with Gasteiger partial charge in [0.2, 0.25) is 0 Å². The second kappa shape index (κ2) is 5.62. The molecule has 2 aliphatic rings. The topological polar surface area (TPSA) is 32.3 Å². The first-order valence-corrected chi connectivity index (χ1v) is 8.60. The van der Waals surface area contributed by atoms with Crippen molar-refractivity contribution in [1.29, 1.82) is 0 Å². The number of phenols is 1. The minimum Gasteiger partial charge on any atom is -0.508 e. The summed E-state index contributed by atoms with van der Waals surface area (Å²) in [6, 6.07) is 9.04. The fraction of sp³-hybridized carbons (Fsp3) is 0.222. The third-order valence-corrected chi connectivity index (χ3v) is 5.85. The Kier molecular flexibility index (Phi) is 3.72. The first-order valence-electron chi connectivity index (χ1n) is 7.46. The average molecular weight is 367 g/mol. The second-order valence-corrected chi connectivity index (χ2v) is 7.17. The number of halogens is 3. The molecule has 0 saturated carbocycles. The Bertz CT molecular complexity index is 818. The van der Waals surface area contributed by atoms with E-state index in [0.29, 0.717) is 15.1 Å². The minimum atomic E-state index is -0.0292. The molecule has 2 nitrogen and oxygen atoms in total. The van der Waals surface area contributed by atoms with E-state index in [1.165, 1.54) is 0 Å². The Balaban J connectivity index is 1.90. The third-order valence-electron chi connectivity index (χ3n) is 4.75. The summed E-state index contributed by atoms with van der Waals surface area (Å²) in [6.07, 6.45) is 5.23. The van der Waals surface area contributed by atoms with Gasteiger partial charge in [0.05, 0.1) is 26.8 Å². The molecule has 0 aromatic heterocycles. The molecule has 2 aromatic rings. The molecule has 0 bridgehead atoms. The molecule has 2 N–H and O–H groups in total. The molecule has 3 atom stereocenters. The Labute approximate surface area is 149 Å². The molecule has 23 heavy (non-hydrogen) atoms. The van der Waals surface area contributed by atoms with Crippen LogP contribution in [0.25, 0.3) is 0 Å². The van der Waals surface area contributed by atoms with E-state index >= 15 is 0 Å². The van der Waals surface area contributed by atoms with E-state index in [9.17, 15) is 5.11 Å². The summed E-state index contributed by atoms with van der Waals surface area (Å²) in [4.78, 5) is 0. The molecular formula is C18H14Cl3NO. The van der Waals surface area contributed by atoms with Crippen LogP contribution in [0.15, 0.2) is 42.5 Å². The number of hydrogen-bond acceptors (Lipinski definition) is 2. The average Bonchev–Trinajstić information content (AvgIpc) is 3.01. The van der Waals surface area contributed by atoms with Crippen LogP contribution in [-0.4, -0.2) is 5.11 Å². The summed E-state index contributed by atoms with van der Waals surface area (Å²) in [6.45, 7) is 0. The van der Waals surface area contributed by atoms with Crippen LogP contribution >= 0.6 is 34.8 Å². The predicted molar refractivity (Wildman–Crippen MR) is 95.9 cm³/mol. The van der Waals surface area contributed by atoms with Gasteiger partial charge in [0.1, 0.15) is 5.75 Å². The summed E-state index contributed by atoms with van der Waals surface area (Å²) in [5, 5.41) is 15.3. The zero-order valence-corrected chi connectivity index (χ0v) is 14.3. The number of nitrogens with one attached hydrogen (secondary N) is 1. The number of anilines is 1. The van der Waals surface area contributed by atoms with E-state index in [-0.39, 0.29) is 23.6 Å². The van der Waals surface area contributed by atoms with Gasteiger partial charge < -0.3 is 10.4 Å². The van der Waals surface area contributed by atoms with Crippen molar-refractivity contribution >= 4 is 40.5 Å². The van der Waals surface area contributed by atoms with Gasteiger partial charge in [-0.2, -0.15) is 0 Å². The van der Waals surface area contributed by atoms with E-state index in [0.717, 1.165) is 23.2 Å². The number of para-hydroxylation sites is 1. The van der Waals surface area contributed by atoms with Crippen molar-refractivity contribution < 1.29 is 5.11 Å². The molecule has 5 heteroatoms. The number of hydrogen-bond donors (Lipinski definition) is 2. The Morgan fingerprint density at radius 3 is 2.65 bits per heavy atom. The van der Waals surface area contributed by atoms with Crippen LogP contribution in [0.5, 0.6) is 5.75 Å². The maximum atomic E-state index is 10.3. The molecule has 3 unspecified atom stereocenters. The first kappa shape index (κ1) is 15.2. The van der Waals surface area contributed by atoms with E-state index < -0.39 is 0 Å². The first-order chi connectivity index (χ1) is 11.1. The van der Waals surface area contributed by atoms with E-state index in [4.69, 9.17) is 34.8 Å². The van der Waals surface area contributed by atoms with Gasteiger partial charge in [-0.15, -0.1) is 0 Å². The van der Waals surface area contributed by atoms with Gasteiger partial charge in [-0.25, -0.2) is 0 Å². The van der Waals surface area contributed by atoms with Crippen molar-refractivity contribution in [3.05, 3.63) is 68.7 Å². The summed E-state index contributed by atoms with van der Waals surface area (Å²) in [7, 11) is 0. The zero-order chi connectivity index (χ0) is 16.1. The maximum absolute atomic E-state index is 10.3. The van der Waals surface area contributed by atoms with Gasteiger partial charge in [-0.3, -0.25) is 0 Å². The predicted octanol–water partition coefficient (Wildman–Crippen LogP) is 6.18. The van der Waals surface area contributed by atoms with Crippen LogP contribution in [0.2, 0.25) is 15.1 Å². The van der Waals surface area contributed by atoms with E-state index in [2.05, 4.69) is 17.5 Å². The molecule has 4 rings (SSSR count). The van der Waals surface area contributed by atoms with Crippen LogP contribution in [0.4, 0.5) is 5.69 Å². The van der Waals surface area contributed by atoms with Crippen molar-refractivity contribution in [2.75, 3.05) is 5.32 Å². The maximum Gasteiger partial charge on any atom is 0.120 e. The van der Waals surface area contributed by atoms with Crippen LogP contribution in [0.3, 0.4) is 0 Å². The second-order valence-electron chi connectivity index (χ2n) is 5.98. The molecule has 0 spiro atoms. The minimum absolute atomic E-state index is 0.0292. The van der Waals surface area contributed by atoms with Crippen LogP contribution < -0.4 is 5.32 Å². The van der Waals surface area contributed by atoms with Crippen LogP contribution in [-0.2, 0) is 0 Å². The highest BCUT2D eigenvalue weighted by Gasteiger charge is 2.41. The van der Waals surface area contributed by atoms with Gasteiger partial charge in [0.15, 0.2) is 0 Å². The van der Waals surface area contributed by atoms with Crippen molar-refractivity contribution in [2.45, 2.75) is 18.4 Å². The number of rotatable bonds is 1. The number of fused-ring (bicyclic) bond motifs is 3. The van der Waals surface area contributed by atoms with E-state index in [1.54, 1.807) is 12.1 Å². The molecule has 0 saturated heterocycles. The van der Waals surface area contributed by atoms with Crippen molar-refractivity contribution in [3.63, 3.8) is 0 Å². The van der Waals surface area contributed by atoms with Gasteiger partial charge in [0.25, 0.3) is 0 Å². The molecule has 2 aromatic carbocycles. The van der Waals surface area contributed by atoms with Gasteiger partial charge in [0, 0.05) is 17.0 Å². The summed E-state index contributed by atoms with van der Waals surface area (Å²) < 4.78 is 0. The molecule has 118 valence electrons. The highest BCUT2D eigenvalue weighted by atomic mass is 35.5. The Morgan fingerprint density at radius 1 is 1.09 bits per heavy atom. The normalized spacial score (nSPS) is 24.9. The Morgan fingerprint density at radius 2 is 1.87 bits per heavy atom. The summed E-state index contributed by atoms with van der Waals surface area (Å²) in [5.74, 6) is 0.692. The fourth-order valence-electron chi connectivity index (χ4n) is 3.72. The van der Waals surface area contributed by atoms with Crippen LogP contribution in [0.1, 0.15) is 29.5 Å². The van der Waals surface area contributed by atoms with Crippen LogP contribution in [0, 0.1) is 5.92 Å². The highest BCUT2D eigenvalue weighted by Crippen LogP contribution is 2.55. The van der Waals surface area contributed by atoms with Gasteiger partial charge >= 0.3 is 0 Å². The van der Waals surface area contributed by atoms with Crippen molar-refractivity contribution in [3.8, 4) is 5.75 Å². The Hall–Kier alpha value is -1.35. The monoisotopic (exact) mass is 365 g/mol. The van der Waals surface area contributed by atoms with Crippen molar-refractivity contribution in [2.24, 2.45) is 5.92 Å². The summed E-state index contributed by atoms with van der Waals surface area (Å²) >= 11 is 19.1. The highest BCUT2D eigenvalue weighted by molar-refractivity contribution is 6.44. The molecule has 1 aliphatic carbocycles. The lowest BCUT2D eigenvalue weighted by molar-refractivity contribution is 0.402. The fourth-order valence-corrected chi connectivity index (χ4v) is 4.53. The quantitative estimate of drug-likeness (QED) is 0.466. The van der Waals surface area contributed by atoms with Gasteiger partial charge in [-0.1, -0.05) is 65.2 Å². The molecular weight excluding hydrogens is 353 g/mol. The standard InChI is InChI=1S/C18H14Cl3NO/c19-12-8-13(20)18-15(16(12)21)9-5-3-6-10(9)17(22-18)11-4-1-2-7-14(11)23/h1-5,7-10,17,22-23H,6H2. The molecule has 0 radical (unpaired) electrons. The summed E-state index contributed by atoms with van der Waals surface area (Å²) in [5.41, 5.74) is 2.63. The van der Waals surface area contributed by atoms with Crippen molar-refractivity contribution in [1.82, 2.24) is 0 Å². The molecule has 1 heterocycles. The molecule has 1 aliphatic heterocycles. The van der Waals surface area contributed by atoms with Gasteiger partial charge in [-0.05, 0) is 24.5 Å². The lowest BCUT2D eigenvalue weighted by Gasteiger charge is -2.38. The largest absolute Gasteiger partial charge is 0.508 e. The molecule has 0 amide bonds. The lowest BCUT2D eigenvalue weighted by Crippen LogP contribution is -2.29. The number of benzene rings is 2. The third kappa shape index (κ3) is 2.32. The number of aromatic hydroxyl groups is 1. The zero-order valence-electron chi connectivity index (χ0n) is 12.1. The number of allylic oxidation sites excluding steroid dienone is 2. The van der Waals surface area contributed by atoms with E-state index in [1.807, 2.05) is 18.2 Å². The smallest absolute Gasteiger partial charge is 0.120 e.